The Morgan fingerprint density at radius 2 is 1.82 bits per heavy atom. The fourth-order valence-electron chi connectivity index (χ4n) is 3.95. The number of thiazole rings is 1. The summed E-state index contributed by atoms with van der Waals surface area (Å²) in [5.74, 6) is -0.531. The van der Waals surface area contributed by atoms with Crippen LogP contribution in [0, 0.1) is 11.3 Å². The monoisotopic (exact) mass is 605 g/mol. The number of aromatic amines is 1. The van der Waals surface area contributed by atoms with Crippen molar-refractivity contribution in [2.45, 2.75) is 17.4 Å². The van der Waals surface area contributed by atoms with Crippen LogP contribution in [0.1, 0.15) is 11.1 Å². The highest BCUT2D eigenvalue weighted by atomic mass is 79.9. The fraction of sp³-hybridized carbons (Fsp3) is 0.0741. The maximum Gasteiger partial charge on any atom is 0.244 e. The van der Waals surface area contributed by atoms with E-state index in [9.17, 15) is 13.2 Å². The molecule has 0 spiro atoms. The van der Waals surface area contributed by atoms with Crippen LogP contribution in [0.25, 0.3) is 22.2 Å². The van der Waals surface area contributed by atoms with Gasteiger partial charge in [0.1, 0.15) is 6.04 Å². The normalized spacial score (nSPS) is 12.2. The van der Waals surface area contributed by atoms with Crippen molar-refractivity contribution in [3.8, 4) is 17.3 Å². The molecule has 1 amide bonds. The van der Waals surface area contributed by atoms with Crippen molar-refractivity contribution in [1.82, 2.24) is 14.7 Å². The molecule has 0 aliphatic heterocycles. The number of nitriles is 1. The zero-order valence-electron chi connectivity index (χ0n) is 19.7. The highest BCUT2D eigenvalue weighted by Crippen LogP contribution is 2.26. The Morgan fingerprint density at radius 1 is 1.08 bits per heavy atom. The van der Waals surface area contributed by atoms with Crippen molar-refractivity contribution in [1.29, 1.82) is 5.26 Å². The second-order valence-corrected chi connectivity index (χ2v) is 11.9. The third-order valence-electron chi connectivity index (χ3n) is 5.88. The first-order valence-corrected chi connectivity index (χ1v) is 14.6. The van der Waals surface area contributed by atoms with E-state index >= 15 is 0 Å². The van der Waals surface area contributed by atoms with Gasteiger partial charge >= 0.3 is 0 Å². The molecule has 0 bridgehead atoms. The predicted octanol–water partition coefficient (Wildman–Crippen LogP) is 5.45. The molecule has 8 nitrogen and oxygen atoms in total. The van der Waals surface area contributed by atoms with Gasteiger partial charge in [-0.3, -0.25) is 4.79 Å². The number of rotatable bonds is 8. The minimum Gasteiger partial charge on any atom is -0.361 e. The molecule has 2 heterocycles. The highest BCUT2D eigenvalue weighted by molar-refractivity contribution is 9.10. The van der Waals surface area contributed by atoms with Crippen LogP contribution in [0.2, 0.25) is 0 Å². The summed E-state index contributed by atoms with van der Waals surface area (Å²) in [6.45, 7) is 0. The predicted molar refractivity (Wildman–Crippen MR) is 151 cm³/mol. The molecule has 0 aliphatic rings. The van der Waals surface area contributed by atoms with E-state index in [0.29, 0.717) is 16.4 Å². The molecule has 2 aromatic heterocycles. The van der Waals surface area contributed by atoms with E-state index in [0.717, 1.165) is 26.5 Å². The van der Waals surface area contributed by atoms with Crippen LogP contribution in [-0.2, 0) is 21.2 Å². The standard InChI is InChI=1S/C27H20BrN5O3S2/c28-20-9-11-21(12-10-20)38(35,36)33-24(13-19-15-30-23-4-2-1-3-22(19)23)26(34)32-27-31-25(16-37-27)18-7-5-17(14-29)6-8-18/h1-12,15-16,24,30,33H,13H2,(H,31,32,34). The number of anilines is 1. The van der Waals surface area contributed by atoms with Gasteiger partial charge in [-0.15, -0.1) is 11.3 Å². The number of nitrogens with one attached hydrogen (secondary N) is 3. The number of halogens is 1. The van der Waals surface area contributed by atoms with Crippen molar-refractivity contribution >= 4 is 59.2 Å². The number of benzene rings is 3. The molecule has 5 rings (SSSR count). The maximum absolute atomic E-state index is 13.4. The van der Waals surface area contributed by atoms with Crippen LogP contribution in [0.3, 0.4) is 0 Å². The summed E-state index contributed by atoms with van der Waals surface area (Å²) >= 11 is 4.54. The Hall–Kier alpha value is -3.82. The highest BCUT2D eigenvalue weighted by Gasteiger charge is 2.28. The average molecular weight is 607 g/mol. The maximum atomic E-state index is 13.4. The molecule has 5 aromatic rings. The molecule has 0 fully saturated rings. The topological polar surface area (TPSA) is 128 Å². The molecule has 38 heavy (non-hydrogen) atoms. The number of amides is 1. The van der Waals surface area contributed by atoms with Gasteiger partial charge in [-0.25, -0.2) is 13.4 Å². The van der Waals surface area contributed by atoms with Gasteiger partial charge in [0.2, 0.25) is 15.9 Å². The number of sulfonamides is 1. The van der Waals surface area contributed by atoms with E-state index in [1.807, 2.05) is 24.3 Å². The number of aromatic nitrogens is 2. The van der Waals surface area contributed by atoms with Crippen molar-refractivity contribution in [3.63, 3.8) is 0 Å². The summed E-state index contributed by atoms with van der Waals surface area (Å²) in [5.41, 5.74) is 3.67. The van der Waals surface area contributed by atoms with Crippen LogP contribution in [0.15, 0.2) is 93.7 Å². The van der Waals surface area contributed by atoms with Gasteiger partial charge < -0.3 is 10.3 Å². The molecule has 190 valence electrons. The van der Waals surface area contributed by atoms with Crippen molar-refractivity contribution in [2.24, 2.45) is 0 Å². The lowest BCUT2D eigenvalue weighted by molar-refractivity contribution is -0.117. The SMILES string of the molecule is N#Cc1ccc(-c2csc(NC(=O)C(Cc3c[nH]c4ccccc34)NS(=O)(=O)c3ccc(Br)cc3)n2)cc1. The lowest BCUT2D eigenvalue weighted by Crippen LogP contribution is -2.45. The Kier molecular flexibility index (Phi) is 7.40. The van der Waals surface area contributed by atoms with Crippen LogP contribution >= 0.6 is 27.3 Å². The molecular formula is C27H20BrN5O3S2. The molecule has 0 aliphatic carbocycles. The quantitative estimate of drug-likeness (QED) is 0.216. The van der Waals surface area contributed by atoms with Gasteiger partial charge in [-0.05, 0) is 54.4 Å². The number of nitrogens with zero attached hydrogens (tertiary/aromatic N) is 2. The first-order valence-electron chi connectivity index (χ1n) is 11.4. The third kappa shape index (κ3) is 5.69. The van der Waals surface area contributed by atoms with Gasteiger partial charge in [0.05, 0.1) is 22.2 Å². The van der Waals surface area contributed by atoms with E-state index in [1.165, 1.54) is 23.5 Å². The summed E-state index contributed by atoms with van der Waals surface area (Å²) in [4.78, 5) is 21.1. The van der Waals surface area contributed by atoms with Gasteiger partial charge in [0, 0.05) is 32.5 Å². The smallest absolute Gasteiger partial charge is 0.244 e. The lowest BCUT2D eigenvalue weighted by atomic mass is 10.1. The molecule has 0 saturated heterocycles. The van der Waals surface area contributed by atoms with Crippen molar-refractivity contribution in [3.05, 3.63) is 100.0 Å². The van der Waals surface area contributed by atoms with Crippen LogP contribution < -0.4 is 10.0 Å². The van der Waals surface area contributed by atoms with Crippen LogP contribution in [0.5, 0.6) is 0 Å². The third-order valence-corrected chi connectivity index (χ3v) is 8.65. The number of carbonyl (C=O) groups is 1. The first-order chi connectivity index (χ1) is 18.3. The second-order valence-electron chi connectivity index (χ2n) is 8.41. The number of hydrogen-bond donors (Lipinski definition) is 3. The number of carbonyl (C=O) groups excluding carboxylic acids is 1. The van der Waals surface area contributed by atoms with E-state index in [-0.39, 0.29) is 11.3 Å². The van der Waals surface area contributed by atoms with E-state index in [1.54, 1.807) is 48.0 Å². The average Bonchev–Trinajstić information content (AvgIpc) is 3.56. The Morgan fingerprint density at radius 3 is 2.55 bits per heavy atom. The molecular weight excluding hydrogens is 586 g/mol. The molecule has 1 atom stereocenters. The minimum atomic E-state index is -4.00. The van der Waals surface area contributed by atoms with Gasteiger partial charge in [-0.2, -0.15) is 9.98 Å². The summed E-state index contributed by atoms with van der Waals surface area (Å²) in [6.07, 6.45) is 1.91. The molecule has 1 unspecified atom stereocenters. The van der Waals surface area contributed by atoms with Crippen LogP contribution in [-0.4, -0.2) is 30.3 Å². The minimum absolute atomic E-state index is 0.0507. The summed E-state index contributed by atoms with van der Waals surface area (Å²) in [6, 6.07) is 21.8. The van der Waals surface area contributed by atoms with Crippen LogP contribution in [0.4, 0.5) is 5.13 Å². The van der Waals surface area contributed by atoms with Gasteiger partial charge in [-0.1, -0.05) is 46.3 Å². The molecule has 3 aromatic carbocycles. The Labute approximate surface area is 231 Å². The largest absolute Gasteiger partial charge is 0.361 e. The van der Waals surface area contributed by atoms with E-state index in [2.05, 4.69) is 42.0 Å². The van der Waals surface area contributed by atoms with Gasteiger partial charge in [0.15, 0.2) is 5.13 Å². The molecule has 3 N–H and O–H groups in total. The Balaban J connectivity index is 1.41. The van der Waals surface area contributed by atoms with Gasteiger partial charge in [0.25, 0.3) is 0 Å². The van der Waals surface area contributed by atoms with Crippen molar-refractivity contribution < 1.29 is 13.2 Å². The zero-order chi connectivity index (χ0) is 26.7. The number of para-hydroxylation sites is 1. The number of hydrogen-bond acceptors (Lipinski definition) is 6. The summed E-state index contributed by atoms with van der Waals surface area (Å²) in [7, 11) is -4.00. The van der Waals surface area contributed by atoms with E-state index in [4.69, 9.17) is 5.26 Å². The molecule has 11 heteroatoms. The molecule has 0 radical (unpaired) electrons. The fourth-order valence-corrected chi connectivity index (χ4v) is 6.13. The van der Waals surface area contributed by atoms with E-state index < -0.39 is 22.0 Å². The second kappa shape index (κ2) is 10.9. The summed E-state index contributed by atoms with van der Waals surface area (Å²) < 4.78 is 29.7. The summed E-state index contributed by atoms with van der Waals surface area (Å²) in [5, 5.41) is 14.8. The molecule has 0 saturated carbocycles. The number of fused-ring (bicyclic) bond motifs is 1. The first kappa shape index (κ1) is 25.8. The number of H-pyrrole nitrogens is 1. The Bertz CT molecular complexity index is 1760. The van der Waals surface area contributed by atoms with Crippen molar-refractivity contribution in [2.75, 3.05) is 5.32 Å². The zero-order valence-corrected chi connectivity index (χ0v) is 22.9. The lowest BCUT2D eigenvalue weighted by Gasteiger charge is -2.18.